The Morgan fingerprint density at radius 1 is 1.05 bits per heavy atom. The molecule has 1 amide bonds. The number of nitrogens with one attached hydrogen (secondary N) is 1. The van der Waals surface area contributed by atoms with Crippen LogP contribution in [0.3, 0.4) is 0 Å². The molecule has 0 radical (unpaired) electrons. The van der Waals surface area contributed by atoms with Crippen molar-refractivity contribution in [1.29, 1.82) is 0 Å². The molecule has 0 aliphatic rings. The molecular weight excluding hydrogens is 250 g/mol. The lowest BCUT2D eigenvalue weighted by molar-refractivity contribution is 0.0953. The lowest BCUT2D eigenvalue weighted by Crippen LogP contribution is -2.30. The highest BCUT2D eigenvalue weighted by atomic mass is 16.2. The van der Waals surface area contributed by atoms with Crippen molar-refractivity contribution in [1.82, 2.24) is 10.3 Å². The van der Waals surface area contributed by atoms with Crippen LogP contribution in [0.4, 0.5) is 0 Å². The highest BCUT2D eigenvalue weighted by Crippen LogP contribution is 2.10. The molecule has 4 nitrogen and oxygen atoms in total. The molecule has 2 rings (SSSR count). The number of nitrogen functional groups attached to an aromatic ring is 1. The summed E-state index contributed by atoms with van der Waals surface area (Å²) in [6.07, 6.45) is 0. The summed E-state index contributed by atoms with van der Waals surface area (Å²) in [4.78, 5) is 13.7. The third kappa shape index (κ3) is 3.91. The van der Waals surface area contributed by atoms with E-state index in [1.807, 2.05) is 36.4 Å². The molecule has 3 N–H and O–H groups in total. The van der Waals surface area contributed by atoms with Gasteiger partial charge in [-0.05, 0) is 30.3 Å². The Hall–Kier alpha value is -2.17. The van der Waals surface area contributed by atoms with Crippen LogP contribution in [0.2, 0.25) is 0 Å². The zero-order valence-electron chi connectivity index (χ0n) is 11.5. The Labute approximate surface area is 119 Å². The summed E-state index contributed by atoms with van der Waals surface area (Å²) >= 11 is 0. The number of nitrogens with zero attached hydrogens (tertiary/aromatic N) is 1. The lowest BCUT2D eigenvalue weighted by atomic mass is 10.1. The normalized spacial score (nSPS) is 10.6. The maximum Gasteiger partial charge on any atom is 0.265 e. The van der Waals surface area contributed by atoms with Gasteiger partial charge in [-0.1, -0.05) is 42.5 Å². The number of benzene rings is 2. The topological polar surface area (TPSA) is 58.4 Å². The molecule has 4 heteroatoms. The van der Waals surface area contributed by atoms with Crippen molar-refractivity contribution in [3.8, 4) is 0 Å². The fourth-order valence-electron chi connectivity index (χ4n) is 2.16. The van der Waals surface area contributed by atoms with Crippen molar-refractivity contribution >= 4 is 5.91 Å². The molecule has 0 spiro atoms. The van der Waals surface area contributed by atoms with Gasteiger partial charge in [0.05, 0.1) is 0 Å². The minimum absolute atomic E-state index is 0.266. The van der Waals surface area contributed by atoms with E-state index in [9.17, 15) is 4.79 Å². The van der Waals surface area contributed by atoms with Crippen LogP contribution >= 0.6 is 0 Å². The number of hydrogen-bond donors (Lipinski definition) is 2. The molecule has 2 aromatic rings. The van der Waals surface area contributed by atoms with Crippen molar-refractivity contribution in [3.05, 3.63) is 71.3 Å². The molecule has 20 heavy (non-hydrogen) atoms. The predicted molar refractivity (Wildman–Crippen MR) is 79.7 cm³/mol. The molecule has 0 atom stereocenters. The van der Waals surface area contributed by atoms with Gasteiger partial charge < -0.3 is 0 Å². The van der Waals surface area contributed by atoms with Crippen molar-refractivity contribution in [2.75, 3.05) is 7.05 Å². The van der Waals surface area contributed by atoms with E-state index in [-0.39, 0.29) is 5.91 Å². The average Bonchev–Trinajstić information content (AvgIpc) is 2.47. The molecule has 0 aliphatic heterocycles. The second kappa shape index (κ2) is 6.84. The van der Waals surface area contributed by atoms with E-state index in [2.05, 4.69) is 29.5 Å². The standard InChI is InChI=1S/C16H19N3O/c1-19(11-13-6-3-2-4-7-13)12-14-8-5-9-15(10-14)16(20)18-17/h2-10H,11-12,17H2,1H3,(H,18,20). The summed E-state index contributed by atoms with van der Waals surface area (Å²) in [5.74, 6) is 4.88. The van der Waals surface area contributed by atoms with E-state index in [0.29, 0.717) is 5.56 Å². The van der Waals surface area contributed by atoms with Gasteiger partial charge in [-0.2, -0.15) is 0 Å². The Bertz CT molecular complexity index is 569. The molecule has 0 fully saturated rings. The summed E-state index contributed by atoms with van der Waals surface area (Å²) in [5.41, 5.74) is 5.09. The minimum atomic E-state index is -0.266. The Kier molecular flexibility index (Phi) is 4.87. The number of carbonyl (C=O) groups is 1. The van der Waals surface area contributed by atoms with Gasteiger partial charge in [0.15, 0.2) is 0 Å². The van der Waals surface area contributed by atoms with Crippen LogP contribution < -0.4 is 11.3 Å². The van der Waals surface area contributed by atoms with Crippen molar-refractivity contribution < 1.29 is 4.79 Å². The van der Waals surface area contributed by atoms with Crippen molar-refractivity contribution in [3.63, 3.8) is 0 Å². The van der Waals surface area contributed by atoms with E-state index in [0.717, 1.165) is 18.7 Å². The van der Waals surface area contributed by atoms with E-state index in [1.165, 1.54) is 5.56 Å². The van der Waals surface area contributed by atoms with Gasteiger partial charge in [0, 0.05) is 18.7 Å². The third-order valence-electron chi connectivity index (χ3n) is 3.07. The molecule has 0 aromatic heterocycles. The molecular formula is C16H19N3O. The largest absolute Gasteiger partial charge is 0.298 e. The summed E-state index contributed by atoms with van der Waals surface area (Å²) in [6, 6.07) is 17.8. The first-order valence-electron chi connectivity index (χ1n) is 6.51. The van der Waals surface area contributed by atoms with Crippen LogP contribution in [-0.4, -0.2) is 17.9 Å². The monoisotopic (exact) mass is 269 g/mol. The summed E-state index contributed by atoms with van der Waals surface area (Å²) in [6.45, 7) is 1.65. The maximum absolute atomic E-state index is 11.5. The Morgan fingerprint density at radius 2 is 1.70 bits per heavy atom. The first-order chi connectivity index (χ1) is 9.69. The lowest BCUT2D eigenvalue weighted by Gasteiger charge is -2.17. The van der Waals surface area contributed by atoms with Gasteiger partial charge in [0.25, 0.3) is 5.91 Å². The number of nitrogens with two attached hydrogens (primary N) is 1. The zero-order valence-corrected chi connectivity index (χ0v) is 11.5. The van der Waals surface area contributed by atoms with Crippen LogP contribution in [0.1, 0.15) is 21.5 Å². The Balaban J connectivity index is 2.01. The van der Waals surface area contributed by atoms with Gasteiger partial charge >= 0.3 is 0 Å². The number of hydrazine groups is 1. The number of amides is 1. The second-order valence-corrected chi connectivity index (χ2v) is 4.83. The van der Waals surface area contributed by atoms with Gasteiger partial charge in [-0.15, -0.1) is 0 Å². The van der Waals surface area contributed by atoms with E-state index in [4.69, 9.17) is 5.84 Å². The number of hydrogen-bond acceptors (Lipinski definition) is 3. The first kappa shape index (κ1) is 14.2. The van der Waals surface area contributed by atoms with Crippen LogP contribution in [0.5, 0.6) is 0 Å². The van der Waals surface area contributed by atoms with Gasteiger partial charge in [-0.25, -0.2) is 5.84 Å². The molecule has 104 valence electrons. The van der Waals surface area contributed by atoms with Gasteiger partial charge in [0.1, 0.15) is 0 Å². The van der Waals surface area contributed by atoms with Crippen LogP contribution in [0.15, 0.2) is 54.6 Å². The molecule has 0 heterocycles. The second-order valence-electron chi connectivity index (χ2n) is 4.83. The minimum Gasteiger partial charge on any atom is -0.298 e. The van der Waals surface area contributed by atoms with Crippen molar-refractivity contribution in [2.24, 2.45) is 5.84 Å². The van der Waals surface area contributed by atoms with E-state index < -0.39 is 0 Å². The SMILES string of the molecule is CN(Cc1ccccc1)Cc1cccc(C(=O)NN)c1. The van der Waals surface area contributed by atoms with Gasteiger partial charge in [0.2, 0.25) is 0 Å². The quantitative estimate of drug-likeness (QED) is 0.495. The highest BCUT2D eigenvalue weighted by molar-refractivity contribution is 5.93. The molecule has 0 unspecified atom stereocenters. The number of rotatable bonds is 5. The van der Waals surface area contributed by atoms with E-state index >= 15 is 0 Å². The highest BCUT2D eigenvalue weighted by Gasteiger charge is 2.06. The summed E-state index contributed by atoms with van der Waals surface area (Å²) in [5, 5.41) is 0. The summed E-state index contributed by atoms with van der Waals surface area (Å²) < 4.78 is 0. The van der Waals surface area contributed by atoms with Crippen LogP contribution in [0, 0.1) is 0 Å². The van der Waals surface area contributed by atoms with Crippen LogP contribution in [-0.2, 0) is 13.1 Å². The fraction of sp³-hybridized carbons (Fsp3) is 0.188. The molecule has 2 aromatic carbocycles. The smallest absolute Gasteiger partial charge is 0.265 e. The Morgan fingerprint density at radius 3 is 2.40 bits per heavy atom. The molecule has 0 bridgehead atoms. The predicted octanol–water partition coefficient (Wildman–Crippen LogP) is 1.92. The third-order valence-corrected chi connectivity index (χ3v) is 3.07. The first-order valence-corrected chi connectivity index (χ1v) is 6.51. The fourth-order valence-corrected chi connectivity index (χ4v) is 2.16. The summed E-state index contributed by atoms with van der Waals surface area (Å²) in [7, 11) is 2.06. The average molecular weight is 269 g/mol. The number of carbonyl (C=O) groups excluding carboxylic acids is 1. The zero-order chi connectivity index (χ0) is 14.4. The van der Waals surface area contributed by atoms with Crippen LogP contribution in [0.25, 0.3) is 0 Å². The van der Waals surface area contributed by atoms with E-state index in [1.54, 1.807) is 6.07 Å². The van der Waals surface area contributed by atoms with Gasteiger partial charge in [-0.3, -0.25) is 15.1 Å². The maximum atomic E-state index is 11.5. The molecule has 0 aliphatic carbocycles. The molecule has 0 saturated heterocycles. The molecule has 0 saturated carbocycles. The van der Waals surface area contributed by atoms with Crippen molar-refractivity contribution in [2.45, 2.75) is 13.1 Å².